The summed E-state index contributed by atoms with van der Waals surface area (Å²) >= 11 is 0. The van der Waals surface area contributed by atoms with E-state index in [2.05, 4.69) is 35.4 Å². The van der Waals surface area contributed by atoms with Crippen molar-refractivity contribution in [3.63, 3.8) is 0 Å². The molecule has 3 rings (SSSR count). The molecule has 1 aromatic rings. The molecule has 0 unspecified atom stereocenters. The molecule has 0 spiro atoms. The Labute approximate surface area is 150 Å². The van der Waals surface area contributed by atoms with Crippen LogP contribution in [-0.2, 0) is 0 Å². The first-order chi connectivity index (χ1) is 12.0. The molecule has 1 saturated heterocycles. The summed E-state index contributed by atoms with van der Waals surface area (Å²) in [5.41, 5.74) is 2.05. The number of aliphatic hydroxyl groups is 1. The van der Waals surface area contributed by atoms with Crippen molar-refractivity contribution in [2.75, 3.05) is 18.4 Å². The molecule has 5 nitrogen and oxygen atoms in total. The van der Waals surface area contributed by atoms with Gasteiger partial charge in [0, 0.05) is 30.9 Å². The topological polar surface area (TPSA) is 64.6 Å². The lowest BCUT2D eigenvalue weighted by Gasteiger charge is -2.37. The molecule has 2 aliphatic rings. The van der Waals surface area contributed by atoms with Gasteiger partial charge in [-0.1, -0.05) is 32.0 Å². The van der Waals surface area contributed by atoms with Gasteiger partial charge < -0.3 is 15.7 Å². The lowest BCUT2D eigenvalue weighted by atomic mass is 10.0. The summed E-state index contributed by atoms with van der Waals surface area (Å²) in [4.78, 5) is 14.8. The number of piperidine rings is 1. The van der Waals surface area contributed by atoms with Crippen LogP contribution in [0.2, 0.25) is 0 Å². The third-order valence-corrected chi connectivity index (χ3v) is 5.61. The summed E-state index contributed by atoms with van der Waals surface area (Å²) in [5.74, 6) is 0.373. The number of hydrogen-bond donors (Lipinski definition) is 3. The molecule has 138 valence electrons. The highest BCUT2D eigenvalue weighted by atomic mass is 16.3. The molecule has 5 heteroatoms. The molecule has 0 aromatic heterocycles. The molecule has 3 N–H and O–H groups in total. The number of hydrogen-bond acceptors (Lipinski definition) is 3. The van der Waals surface area contributed by atoms with Gasteiger partial charge in [-0.3, -0.25) is 4.90 Å². The number of nitrogens with one attached hydrogen (secondary N) is 2. The lowest BCUT2D eigenvalue weighted by molar-refractivity contribution is 0.0537. The predicted molar refractivity (Wildman–Crippen MR) is 101 cm³/mol. The Bertz CT molecular complexity index is 582. The molecule has 1 aliphatic heterocycles. The van der Waals surface area contributed by atoms with Crippen LogP contribution in [0.15, 0.2) is 24.3 Å². The first kappa shape index (κ1) is 18.2. The summed E-state index contributed by atoms with van der Waals surface area (Å²) in [6.07, 6.45) is 4.89. The Morgan fingerprint density at radius 3 is 2.52 bits per heavy atom. The molecule has 1 aromatic carbocycles. The third-order valence-electron chi connectivity index (χ3n) is 5.61. The zero-order valence-corrected chi connectivity index (χ0v) is 15.4. The van der Waals surface area contributed by atoms with Crippen LogP contribution >= 0.6 is 0 Å². The Morgan fingerprint density at radius 2 is 1.88 bits per heavy atom. The quantitative estimate of drug-likeness (QED) is 0.784. The molecule has 25 heavy (non-hydrogen) atoms. The first-order valence-corrected chi connectivity index (χ1v) is 9.63. The van der Waals surface area contributed by atoms with Crippen LogP contribution in [0.1, 0.15) is 57.4 Å². The average molecular weight is 345 g/mol. The number of anilines is 1. The predicted octanol–water partition coefficient (Wildman–Crippen LogP) is 3.31. The van der Waals surface area contributed by atoms with E-state index < -0.39 is 0 Å². The molecule has 2 amide bonds. The van der Waals surface area contributed by atoms with Crippen LogP contribution in [0.3, 0.4) is 0 Å². The van der Waals surface area contributed by atoms with Gasteiger partial charge >= 0.3 is 6.03 Å². The standard InChI is InChI=1S/C20H31N3O2/c1-14(2)16-6-3-4-7-17(16)22-20(25)21-15-10-12-23(13-11-15)18-8-5-9-19(18)24/h3-4,6-7,14-15,18-19,24H,5,8-13H2,1-2H3,(H2,21,22,25)/t18-,19-/m0/s1. The Hall–Kier alpha value is -1.59. The molecule has 0 bridgehead atoms. The minimum Gasteiger partial charge on any atom is -0.391 e. The van der Waals surface area contributed by atoms with Gasteiger partial charge in [0.15, 0.2) is 0 Å². The summed E-state index contributed by atoms with van der Waals surface area (Å²) in [6, 6.07) is 8.39. The molecular weight excluding hydrogens is 314 g/mol. The number of carbonyl (C=O) groups excluding carboxylic acids is 1. The largest absolute Gasteiger partial charge is 0.391 e. The maximum absolute atomic E-state index is 12.4. The van der Waals surface area contributed by atoms with Gasteiger partial charge in [-0.15, -0.1) is 0 Å². The molecule has 0 radical (unpaired) electrons. The van der Waals surface area contributed by atoms with Crippen LogP contribution in [0.25, 0.3) is 0 Å². The van der Waals surface area contributed by atoms with E-state index in [1.165, 1.54) is 0 Å². The van der Waals surface area contributed by atoms with Crippen molar-refractivity contribution in [2.24, 2.45) is 0 Å². The van der Waals surface area contributed by atoms with Gasteiger partial charge in [-0.2, -0.15) is 0 Å². The van der Waals surface area contributed by atoms with Gasteiger partial charge in [-0.05, 0) is 49.7 Å². The molecular formula is C20H31N3O2. The van der Waals surface area contributed by atoms with E-state index >= 15 is 0 Å². The summed E-state index contributed by atoms with van der Waals surface area (Å²) in [7, 11) is 0. The molecule has 1 aliphatic carbocycles. The van der Waals surface area contributed by atoms with E-state index in [0.29, 0.717) is 12.0 Å². The highest BCUT2D eigenvalue weighted by Gasteiger charge is 2.33. The number of carbonyl (C=O) groups is 1. The highest BCUT2D eigenvalue weighted by molar-refractivity contribution is 5.90. The molecule has 2 atom stereocenters. The second-order valence-electron chi connectivity index (χ2n) is 7.72. The highest BCUT2D eigenvalue weighted by Crippen LogP contribution is 2.27. The van der Waals surface area contributed by atoms with Crippen LogP contribution in [0, 0.1) is 0 Å². The number of likely N-dealkylation sites (tertiary alicyclic amines) is 1. The monoisotopic (exact) mass is 345 g/mol. The third kappa shape index (κ3) is 4.53. The van der Waals surface area contributed by atoms with Crippen molar-refractivity contribution in [1.82, 2.24) is 10.2 Å². The number of aliphatic hydroxyl groups excluding tert-OH is 1. The van der Waals surface area contributed by atoms with E-state index in [1.54, 1.807) is 0 Å². The van der Waals surface area contributed by atoms with Crippen molar-refractivity contribution in [3.05, 3.63) is 29.8 Å². The van der Waals surface area contributed by atoms with Gasteiger partial charge in [0.2, 0.25) is 0 Å². The van der Waals surface area contributed by atoms with E-state index in [9.17, 15) is 9.90 Å². The van der Waals surface area contributed by atoms with E-state index in [1.807, 2.05) is 18.2 Å². The van der Waals surface area contributed by atoms with E-state index in [0.717, 1.165) is 56.4 Å². The fourth-order valence-corrected chi connectivity index (χ4v) is 4.18. The summed E-state index contributed by atoms with van der Waals surface area (Å²) in [6.45, 7) is 6.17. The van der Waals surface area contributed by atoms with Crippen molar-refractivity contribution in [1.29, 1.82) is 0 Å². The average Bonchev–Trinajstić information content (AvgIpc) is 3.02. The van der Waals surface area contributed by atoms with Gasteiger partial charge in [0.25, 0.3) is 0 Å². The molecule has 2 fully saturated rings. The van der Waals surface area contributed by atoms with Crippen LogP contribution in [0.5, 0.6) is 0 Å². The van der Waals surface area contributed by atoms with Gasteiger partial charge in [-0.25, -0.2) is 4.79 Å². The van der Waals surface area contributed by atoms with Crippen molar-refractivity contribution in [2.45, 2.75) is 70.1 Å². The van der Waals surface area contributed by atoms with Gasteiger partial charge in [0.1, 0.15) is 0 Å². The van der Waals surface area contributed by atoms with E-state index in [-0.39, 0.29) is 18.2 Å². The number of amides is 2. The zero-order valence-electron chi connectivity index (χ0n) is 15.4. The normalized spacial score (nSPS) is 25.3. The van der Waals surface area contributed by atoms with Crippen LogP contribution in [0.4, 0.5) is 10.5 Å². The molecule has 1 saturated carbocycles. The number of rotatable bonds is 4. The number of para-hydroxylation sites is 1. The van der Waals surface area contributed by atoms with Crippen LogP contribution in [-0.4, -0.2) is 47.3 Å². The van der Waals surface area contributed by atoms with E-state index in [4.69, 9.17) is 0 Å². The lowest BCUT2D eigenvalue weighted by Crippen LogP contribution is -2.50. The maximum atomic E-state index is 12.4. The van der Waals surface area contributed by atoms with Crippen LogP contribution < -0.4 is 10.6 Å². The SMILES string of the molecule is CC(C)c1ccccc1NC(=O)NC1CCN([C@H]2CCC[C@@H]2O)CC1. The Kier molecular flexibility index (Phi) is 5.97. The second-order valence-corrected chi connectivity index (χ2v) is 7.72. The fourth-order valence-electron chi connectivity index (χ4n) is 4.18. The second kappa shape index (κ2) is 8.19. The number of nitrogens with zero attached hydrogens (tertiary/aromatic N) is 1. The molecule has 1 heterocycles. The van der Waals surface area contributed by atoms with Gasteiger partial charge in [0.05, 0.1) is 6.10 Å². The summed E-state index contributed by atoms with van der Waals surface area (Å²) < 4.78 is 0. The minimum absolute atomic E-state index is 0.118. The Morgan fingerprint density at radius 1 is 1.16 bits per heavy atom. The first-order valence-electron chi connectivity index (χ1n) is 9.63. The minimum atomic E-state index is -0.166. The zero-order chi connectivity index (χ0) is 17.8. The smallest absolute Gasteiger partial charge is 0.319 e. The number of urea groups is 1. The van der Waals surface area contributed by atoms with Crippen molar-refractivity contribution >= 4 is 11.7 Å². The maximum Gasteiger partial charge on any atom is 0.319 e. The van der Waals surface area contributed by atoms with Crippen molar-refractivity contribution < 1.29 is 9.90 Å². The summed E-state index contributed by atoms with van der Waals surface area (Å²) in [5, 5.41) is 16.2. The number of benzene rings is 1. The Balaban J connectivity index is 1.48. The van der Waals surface area contributed by atoms with Crippen molar-refractivity contribution in [3.8, 4) is 0 Å². The fraction of sp³-hybridized carbons (Fsp3) is 0.650.